The molecule has 3 atom stereocenters. The van der Waals surface area contributed by atoms with Crippen LogP contribution in [-0.2, 0) is 26.3 Å². The summed E-state index contributed by atoms with van der Waals surface area (Å²) in [6, 6.07) is 8.27. The van der Waals surface area contributed by atoms with Crippen LogP contribution in [0.1, 0.15) is 49.7 Å². The lowest BCUT2D eigenvalue weighted by molar-refractivity contribution is -0.255. The molecule has 2 aliphatic carbocycles. The summed E-state index contributed by atoms with van der Waals surface area (Å²) in [5, 5.41) is 11.1. The van der Waals surface area contributed by atoms with E-state index in [4.69, 9.17) is 9.47 Å². The van der Waals surface area contributed by atoms with Gasteiger partial charge in [0.1, 0.15) is 5.41 Å². The second-order valence-electron chi connectivity index (χ2n) is 7.00. The van der Waals surface area contributed by atoms with Gasteiger partial charge in [0.25, 0.3) is 0 Å². The summed E-state index contributed by atoms with van der Waals surface area (Å²) in [5.41, 5.74) is 0.967. The van der Waals surface area contributed by atoms with Crippen LogP contribution in [0.25, 0.3) is 0 Å². The molecule has 4 nitrogen and oxygen atoms in total. The lowest BCUT2D eigenvalue weighted by atomic mass is 9.70. The Hall–Kier alpha value is -1.39. The van der Waals surface area contributed by atoms with Crippen molar-refractivity contribution in [3.63, 3.8) is 0 Å². The zero-order chi connectivity index (χ0) is 15.4. The summed E-state index contributed by atoms with van der Waals surface area (Å²) in [5.74, 6) is -1.71. The van der Waals surface area contributed by atoms with Crippen molar-refractivity contribution in [3.8, 4) is 0 Å². The minimum Gasteiger partial charge on any atom is -0.468 e. The van der Waals surface area contributed by atoms with Gasteiger partial charge in [-0.3, -0.25) is 4.79 Å². The molecule has 2 fully saturated rings. The summed E-state index contributed by atoms with van der Waals surface area (Å²) >= 11 is 0. The third-order valence-electron chi connectivity index (χ3n) is 5.93. The van der Waals surface area contributed by atoms with Gasteiger partial charge in [-0.05, 0) is 43.2 Å². The quantitative estimate of drug-likeness (QED) is 0.810. The third-order valence-corrected chi connectivity index (χ3v) is 5.93. The highest BCUT2D eigenvalue weighted by Crippen LogP contribution is 2.64. The summed E-state index contributed by atoms with van der Waals surface area (Å²) in [7, 11) is 1.40. The Morgan fingerprint density at radius 2 is 2.05 bits per heavy atom. The molecule has 22 heavy (non-hydrogen) atoms. The summed E-state index contributed by atoms with van der Waals surface area (Å²) < 4.78 is 11.4. The molecular formula is C18H22O4. The van der Waals surface area contributed by atoms with Gasteiger partial charge in [-0.2, -0.15) is 0 Å². The Bertz CT molecular complexity index is 627. The molecule has 0 aromatic heterocycles. The Balaban J connectivity index is 1.83. The van der Waals surface area contributed by atoms with Crippen LogP contribution < -0.4 is 0 Å². The molecule has 1 heterocycles. The van der Waals surface area contributed by atoms with Gasteiger partial charge in [-0.1, -0.05) is 24.3 Å². The van der Waals surface area contributed by atoms with Crippen LogP contribution in [0.5, 0.6) is 0 Å². The molecule has 1 saturated heterocycles. The average Bonchev–Trinajstić information content (AvgIpc) is 2.95. The molecule has 0 amide bonds. The fourth-order valence-corrected chi connectivity index (χ4v) is 4.99. The molecule has 1 spiro atoms. The molecule has 118 valence electrons. The van der Waals surface area contributed by atoms with Crippen LogP contribution in [0.15, 0.2) is 24.3 Å². The number of ether oxygens (including phenoxy) is 2. The van der Waals surface area contributed by atoms with Crippen molar-refractivity contribution in [2.75, 3.05) is 7.11 Å². The van der Waals surface area contributed by atoms with Crippen molar-refractivity contribution in [2.24, 2.45) is 5.41 Å². The smallest absolute Gasteiger partial charge is 0.317 e. The number of benzene rings is 1. The molecule has 4 heteroatoms. The second-order valence-corrected chi connectivity index (χ2v) is 7.00. The molecule has 1 N–H and O–H groups in total. The van der Waals surface area contributed by atoms with Gasteiger partial charge in [-0.15, -0.1) is 0 Å². The van der Waals surface area contributed by atoms with E-state index in [9.17, 15) is 9.90 Å². The molecular weight excluding hydrogens is 280 g/mol. The van der Waals surface area contributed by atoms with Crippen molar-refractivity contribution in [1.82, 2.24) is 0 Å². The zero-order valence-electron chi connectivity index (χ0n) is 12.9. The normalized spacial score (nSPS) is 39.5. The van der Waals surface area contributed by atoms with Crippen molar-refractivity contribution >= 4 is 5.97 Å². The maximum absolute atomic E-state index is 12.5. The first-order valence-electron chi connectivity index (χ1n) is 8.15. The van der Waals surface area contributed by atoms with Crippen molar-refractivity contribution < 1.29 is 19.4 Å². The van der Waals surface area contributed by atoms with E-state index in [1.54, 1.807) is 0 Å². The molecule has 0 radical (unpaired) electrons. The van der Waals surface area contributed by atoms with Crippen LogP contribution >= 0.6 is 0 Å². The zero-order valence-corrected chi connectivity index (χ0v) is 12.9. The lowest BCUT2D eigenvalue weighted by Crippen LogP contribution is -2.46. The number of aryl methyl sites for hydroxylation is 1. The molecule has 3 aliphatic rings. The highest BCUT2D eigenvalue weighted by molar-refractivity contribution is 5.79. The number of hydrogen-bond donors (Lipinski definition) is 1. The van der Waals surface area contributed by atoms with E-state index in [0.29, 0.717) is 19.3 Å². The maximum atomic E-state index is 12.5. The average molecular weight is 302 g/mol. The SMILES string of the molecule is COC(=O)[C@@]12CCC[C@]1(O)O[C@]1(CCCc3ccccc31)C2. The summed E-state index contributed by atoms with van der Waals surface area (Å²) in [6.45, 7) is 0. The number of carbonyl (C=O) groups is 1. The Labute approximate surface area is 130 Å². The molecule has 1 aromatic carbocycles. The van der Waals surface area contributed by atoms with Crippen LogP contribution in [0.4, 0.5) is 0 Å². The van der Waals surface area contributed by atoms with Crippen LogP contribution in [0, 0.1) is 5.41 Å². The number of fused-ring (bicyclic) bond motifs is 3. The largest absolute Gasteiger partial charge is 0.468 e. The van der Waals surface area contributed by atoms with E-state index in [2.05, 4.69) is 12.1 Å². The first kappa shape index (κ1) is 14.2. The minimum atomic E-state index is -1.38. The van der Waals surface area contributed by atoms with Crippen LogP contribution in [0.2, 0.25) is 0 Å². The van der Waals surface area contributed by atoms with E-state index >= 15 is 0 Å². The summed E-state index contributed by atoms with van der Waals surface area (Å²) in [4.78, 5) is 12.5. The minimum absolute atomic E-state index is 0.326. The van der Waals surface area contributed by atoms with E-state index in [0.717, 1.165) is 31.2 Å². The number of hydrogen-bond acceptors (Lipinski definition) is 4. The van der Waals surface area contributed by atoms with E-state index in [-0.39, 0.29) is 5.97 Å². The highest BCUT2D eigenvalue weighted by Gasteiger charge is 2.71. The second kappa shape index (κ2) is 4.56. The predicted molar refractivity (Wildman–Crippen MR) is 80.0 cm³/mol. The van der Waals surface area contributed by atoms with Gasteiger partial charge in [0.15, 0.2) is 5.79 Å². The van der Waals surface area contributed by atoms with Crippen molar-refractivity contribution in [3.05, 3.63) is 35.4 Å². The summed E-state index contributed by atoms with van der Waals surface area (Å²) in [6.07, 6.45) is 5.37. The van der Waals surface area contributed by atoms with E-state index in [1.165, 1.54) is 12.7 Å². The first-order valence-corrected chi connectivity index (χ1v) is 8.15. The first-order chi connectivity index (χ1) is 10.6. The topological polar surface area (TPSA) is 55.8 Å². The maximum Gasteiger partial charge on any atom is 0.317 e. The molecule has 0 unspecified atom stereocenters. The van der Waals surface area contributed by atoms with Gasteiger partial charge in [0.05, 0.1) is 12.7 Å². The van der Waals surface area contributed by atoms with Crippen molar-refractivity contribution in [2.45, 2.75) is 56.3 Å². The van der Waals surface area contributed by atoms with Gasteiger partial charge in [0, 0.05) is 12.8 Å². The number of methoxy groups -OCH3 is 1. The Morgan fingerprint density at radius 3 is 2.86 bits per heavy atom. The molecule has 1 saturated carbocycles. The van der Waals surface area contributed by atoms with Crippen LogP contribution in [0.3, 0.4) is 0 Å². The van der Waals surface area contributed by atoms with Crippen molar-refractivity contribution in [1.29, 1.82) is 0 Å². The van der Waals surface area contributed by atoms with E-state index < -0.39 is 16.8 Å². The fourth-order valence-electron chi connectivity index (χ4n) is 4.99. The predicted octanol–water partition coefficient (Wildman–Crippen LogP) is 2.67. The standard InChI is InChI=1S/C18H22O4/c1-21-15(19)16-9-5-11-18(16,20)22-17(12-16)10-4-7-13-6-2-3-8-14(13)17/h2-3,6,8,20H,4-5,7,9-12H2,1H3/t16-,17+,18-/m0/s1. The Kier molecular flexibility index (Phi) is 2.94. The van der Waals surface area contributed by atoms with Crippen LogP contribution in [-0.4, -0.2) is 24.0 Å². The fraction of sp³-hybridized carbons (Fsp3) is 0.611. The molecule has 0 bridgehead atoms. The number of rotatable bonds is 1. The van der Waals surface area contributed by atoms with Gasteiger partial charge in [-0.25, -0.2) is 0 Å². The van der Waals surface area contributed by atoms with E-state index in [1.807, 2.05) is 12.1 Å². The molecule has 1 aromatic rings. The molecule has 4 rings (SSSR count). The number of esters is 1. The van der Waals surface area contributed by atoms with Gasteiger partial charge < -0.3 is 14.6 Å². The number of aliphatic hydroxyl groups is 1. The lowest BCUT2D eigenvalue weighted by Gasteiger charge is -2.37. The Morgan fingerprint density at radius 1 is 1.23 bits per heavy atom. The monoisotopic (exact) mass is 302 g/mol. The third kappa shape index (κ3) is 1.62. The highest BCUT2D eigenvalue weighted by atomic mass is 16.7. The molecule has 1 aliphatic heterocycles. The van der Waals surface area contributed by atoms with Gasteiger partial charge >= 0.3 is 5.97 Å². The number of carbonyl (C=O) groups excluding carboxylic acids is 1. The van der Waals surface area contributed by atoms with Gasteiger partial charge in [0.2, 0.25) is 0 Å².